The van der Waals surface area contributed by atoms with Gasteiger partial charge in [0.05, 0.1) is 5.69 Å². The summed E-state index contributed by atoms with van der Waals surface area (Å²) in [6.07, 6.45) is 2.32. The Morgan fingerprint density at radius 3 is 2.50 bits per heavy atom. The number of hydrogen-bond donors (Lipinski definition) is 0. The number of nitrogens with zero attached hydrogens (tertiary/aromatic N) is 1. The molecule has 0 atom stereocenters. The molecule has 0 N–H and O–H groups in total. The number of hydrogen-bond acceptors (Lipinski definition) is 2. The lowest BCUT2D eigenvalue weighted by Gasteiger charge is -1.96. The van der Waals surface area contributed by atoms with E-state index in [-0.39, 0.29) is 0 Å². The van der Waals surface area contributed by atoms with E-state index in [9.17, 15) is 4.79 Å². The molecule has 0 aliphatic rings. The Balaban J connectivity index is 2.77. The number of aryl methyl sites for hydroxylation is 1. The van der Waals surface area contributed by atoms with E-state index in [0.717, 1.165) is 12.0 Å². The average Bonchev–Trinajstić information content (AvgIpc) is 2.09. The molecule has 1 aromatic rings. The maximum absolute atomic E-state index is 9.87. The molecule has 3 heteroatoms. The lowest BCUT2D eigenvalue weighted by molar-refractivity contribution is 0.565. The van der Waals surface area contributed by atoms with E-state index in [2.05, 4.69) is 4.99 Å². The smallest absolute Gasteiger partial charge is 0.211 e. The second-order valence-corrected chi connectivity index (χ2v) is 2.69. The molecule has 0 saturated carbocycles. The molecule has 0 aliphatic heterocycles. The van der Waals surface area contributed by atoms with Crippen molar-refractivity contribution in [3.05, 3.63) is 29.8 Å². The maximum Gasteiger partial charge on any atom is 0.240 e. The Labute approximate surface area is 75.9 Å². The van der Waals surface area contributed by atoms with Gasteiger partial charge in [-0.1, -0.05) is 12.1 Å². The summed E-state index contributed by atoms with van der Waals surface area (Å²) in [7, 11) is 0. The Hall–Kier alpha value is -1.11. The number of benzene rings is 1. The fourth-order valence-electron chi connectivity index (χ4n) is 0.899. The number of aliphatic imine (C=N–C) groups is 1. The summed E-state index contributed by atoms with van der Waals surface area (Å²) >= 11 is 5.55. The van der Waals surface area contributed by atoms with Crippen molar-refractivity contribution in [3.8, 4) is 0 Å². The summed E-state index contributed by atoms with van der Waals surface area (Å²) in [5.74, 6) is 0.607. The highest BCUT2D eigenvalue weighted by molar-refractivity contribution is 6.17. The Kier molecular flexibility index (Phi) is 3.52. The van der Waals surface area contributed by atoms with Crippen molar-refractivity contribution >= 4 is 23.4 Å². The monoisotopic (exact) mass is 181 g/mol. The van der Waals surface area contributed by atoms with Crippen LogP contribution in [0.1, 0.15) is 5.56 Å². The summed E-state index contributed by atoms with van der Waals surface area (Å²) < 4.78 is 0. The van der Waals surface area contributed by atoms with Gasteiger partial charge in [-0.3, -0.25) is 0 Å². The summed E-state index contributed by atoms with van der Waals surface area (Å²) in [4.78, 5) is 13.3. The lowest BCUT2D eigenvalue weighted by Crippen LogP contribution is -1.83. The molecule has 1 rings (SSSR count). The molecule has 0 spiro atoms. The van der Waals surface area contributed by atoms with Crippen LogP contribution in [0.25, 0.3) is 0 Å². The highest BCUT2D eigenvalue weighted by Crippen LogP contribution is 2.12. The van der Waals surface area contributed by atoms with Crippen LogP contribution in [-0.4, -0.2) is 12.0 Å². The molecule has 62 valence electrons. The van der Waals surface area contributed by atoms with Crippen molar-refractivity contribution in [2.24, 2.45) is 4.99 Å². The van der Waals surface area contributed by atoms with Crippen LogP contribution in [-0.2, 0) is 11.2 Å². The molecule has 0 aliphatic carbocycles. The highest BCUT2D eigenvalue weighted by atomic mass is 35.5. The first-order valence-electron chi connectivity index (χ1n) is 3.59. The van der Waals surface area contributed by atoms with Crippen LogP contribution in [0.5, 0.6) is 0 Å². The van der Waals surface area contributed by atoms with Crippen LogP contribution in [0.2, 0.25) is 0 Å². The van der Waals surface area contributed by atoms with Crippen molar-refractivity contribution in [2.75, 3.05) is 5.88 Å². The summed E-state index contributed by atoms with van der Waals surface area (Å²) in [5, 5.41) is 0. The second kappa shape index (κ2) is 4.70. The van der Waals surface area contributed by atoms with E-state index in [1.165, 1.54) is 6.08 Å². The fourth-order valence-corrected chi connectivity index (χ4v) is 1.12. The van der Waals surface area contributed by atoms with Gasteiger partial charge in [-0.25, -0.2) is 4.79 Å². The lowest BCUT2D eigenvalue weighted by atomic mass is 10.1. The fraction of sp³-hybridized carbons (Fsp3) is 0.222. The first-order valence-corrected chi connectivity index (χ1v) is 4.13. The van der Waals surface area contributed by atoms with Crippen LogP contribution in [0.3, 0.4) is 0 Å². The zero-order chi connectivity index (χ0) is 8.81. The molecule has 0 radical (unpaired) electrons. The van der Waals surface area contributed by atoms with Crippen molar-refractivity contribution in [3.63, 3.8) is 0 Å². The van der Waals surface area contributed by atoms with Gasteiger partial charge in [0.1, 0.15) is 0 Å². The Morgan fingerprint density at radius 2 is 2.00 bits per heavy atom. The van der Waals surface area contributed by atoms with Gasteiger partial charge in [0.2, 0.25) is 6.08 Å². The number of carbonyl (C=O) groups excluding carboxylic acids is 1. The molecular formula is C9H8ClNO. The van der Waals surface area contributed by atoms with Gasteiger partial charge in [0, 0.05) is 5.88 Å². The normalized spacial score (nSPS) is 9.08. The van der Waals surface area contributed by atoms with E-state index >= 15 is 0 Å². The summed E-state index contributed by atoms with van der Waals surface area (Å²) in [5.41, 5.74) is 1.78. The van der Waals surface area contributed by atoms with Gasteiger partial charge in [-0.05, 0) is 24.1 Å². The third-order valence-corrected chi connectivity index (χ3v) is 1.68. The molecule has 0 saturated heterocycles. The number of halogens is 1. The molecule has 0 fully saturated rings. The highest BCUT2D eigenvalue weighted by Gasteiger charge is 1.91. The quantitative estimate of drug-likeness (QED) is 0.400. The molecule has 0 heterocycles. The molecule has 1 aromatic carbocycles. The number of alkyl halides is 1. The van der Waals surface area contributed by atoms with Crippen molar-refractivity contribution < 1.29 is 4.79 Å². The zero-order valence-electron chi connectivity index (χ0n) is 6.46. The van der Waals surface area contributed by atoms with Crippen molar-refractivity contribution in [1.82, 2.24) is 0 Å². The van der Waals surface area contributed by atoms with Gasteiger partial charge in [-0.2, -0.15) is 4.99 Å². The van der Waals surface area contributed by atoms with Crippen LogP contribution < -0.4 is 0 Å². The molecule has 0 aromatic heterocycles. The predicted molar refractivity (Wildman–Crippen MR) is 48.6 cm³/mol. The van der Waals surface area contributed by atoms with E-state index in [4.69, 9.17) is 11.6 Å². The minimum Gasteiger partial charge on any atom is -0.211 e. The molecular weight excluding hydrogens is 174 g/mol. The average molecular weight is 182 g/mol. The van der Waals surface area contributed by atoms with E-state index in [1.807, 2.05) is 12.1 Å². The van der Waals surface area contributed by atoms with Gasteiger partial charge in [-0.15, -0.1) is 11.6 Å². The molecule has 0 amide bonds. The third kappa shape index (κ3) is 2.50. The van der Waals surface area contributed by atoms with Crippen LogP contribution in [0.15, 0.2) is 29.3 Å². The second-order valence-electron chi connectivity index (χ2n) is 2.31. The van der Waals surface area contributed by atoms with E-state index in [0.29, 0.717) is 11.6 Å². The minimum absolute atomic E-state index is 0.607. The molecule has 12 heavy (non-hydrogen) atoms. The maximum atomic E-state index is 9.87. The summed E-state index contributed by atoms with van der Waals surface area (Å²) in [6, 6.07) is 7.34. The van der Waals surface area contributed by atoms with E-state index in [1.54, 1.807) is 12.1 Å². The van der Waals surface area contributed by atoms with Crippen LogP contribution in [0, 0.1) is 0 Å². The number of rotatable bonds is 3. The van der Waals surface area contributed by atoms with Gasteiger partial charge >= 0.3 is 0 Å². The largest absolute Gasteiger partial charge is 0.240 e. The SMILES string of the molecule is O=C=Nc1ccc(CCCl)cc1. The Bertz CT molecular complexity index is 288. The molecule has 2 nitrogen and oxygen atoms in total. The summed E-state index contributed by atoms with van der Waals surface area (Å²) in [6.45, 7) is 0. The van der Waals surface area contributed by atoms with E-state index < -0.39 is 0 Å². The molecule has 0 bridgehead atoms. The first kappa shape index (κ1) is 8.98. The van der Waals surface area contributed by atoms with Crippen LogP contribution >= 0.6 is 11.6 Å². The van der Waals surface area contributed by atoms with Gasteiger partial charge in [0.15, 0.2) is 0 Å². The van der Waals surface area contributed by atoms with Crippen molar-refractivity contribution in [2.45, 2.75) is 6.42 Å². The topological polar surface area (TPSA) is 29.4 Å². The van der Waals surface area contributed by atoms with Crippen LogP contribution in [0.4, 0.5) is 5.69 Å². The first-order chi connectivity index (χ1) is 5.86. The number of isocyanates is 1. The van der Waals surface area contributed by atoms with Gasteiger partial charge < -0.3 is 0 Å². The van der Waals surface area contributed by atoms with Gasteiger partial charge in [0.25, 0.3) is 0 Å². The zero-order valence-corrected chi connectivity index (χ0v) is 7.21. The minimum atomic E-state index is 0.607. The third-order valence-electron chi connectivity index (χ3n) is 1.49. The standard InChI is InChI=1S/C9H8ClNO/c10-6-5-8-1-3-9(4-2-8)11-7-12/h1-4H,5-6H2. The predicted octanol–water partition coefficient (Wildman–Crippen LogP) is 2.44. The molecule has 0 unspecified atom stereocenters. The van der Waals surface area contributed by atoms with Crippen molar-refractivity contribution in [1.29, 1.82) is 0 Å². The Morgan fingerprint density at radius 1 is 1.33 bits per heavy atom.